The van der Waals surface area contributed by atoms with Crippen molar-refractivity contribution < 1.29 is 45.3 Å². The Balaban J connectivity index is 0. The van der Waals surface area contributed by atoms with Crippen LogP contribution in [0, 0.1) is 0 Å². The summed E-state index contributed by atoms with van der Waals surface area (Å²) in [5.74, 6) is 0. The number of hydrogen-bond acceptors (Lipinski definition) is 0. The largest absolute Gasteiger partial charge is 2.00 e. The summed E-state index contributed by atoms with van der Waals surface area (Å²) < 4.78 is 0. The summed E-state index contributed by atoms with van der Waals surface area (Å²) in [5.41, 5.74) is 0. The summed E-state index contributed by atoms with van der Waals surface area (Å²) >= 11 is 0. The first-order chi connectivity index (χ1) is 0. The predicted molar refractivity (Wildman–Crippen MR) is 27.4 cm³/mol. The van der Waals surface area contributed by atoms with Gasteiger partial charge in [-0.2, -0.15) is 0 Å². The summed E-state index contributed by atoms with van der Waals surface area (Å²) in [6.45, 7) is 0. The van der Waals surface area contributed by atoms with Gasteiger partial charge in [-0.3, -0.25) is 0 Å². The van der Waals surface area contributed by atoms with Crippen molar-refractivity contribution in [3.8, 4) is 0 Å². The van der Waals surface area contributed by atoms with Crippen LogP contribution in [-0.4, -0.2) is 70.6 Å². The molecular formula is H12CaClO6+. The van der Waals surface area contributed by atoms with Gasteiger partial charge in [-0.25, -0.2) is 0 Å². The molecular weight excluding hydrogens is 172 g/mol. The normalized spacial score (nSPS) is 0. The first-order valence-electron chi connectivity index (χ1n) is 0. The van der Waals surface area contributed by atoms with E-state index in [0.717, 1.165) is 0 Å². The maximum Gasteiger partial charge on any atom is 2.00 e. The topological polar surface area (TPSA) is 189 Å². The first-order valence-corrected chi connectivity index (χ1v) is 0. The molecule has 0 aromatic rings. The van der Waals surface area contributed by atoms with E-state index in [2.05, 4.69) is 0 Å². The van der Waals surface area contributed by atoms with Gasteiger partial charge in [-0.15, -0.1) is 0 Å². The molecule has 0 atom stereocenters. The Morgan fingerprint density at radius 3 is 0.375 bits per heavy atom. The van der Waals surface area contributed by atoms with Gasteiger partial charge in [0.1, 0.15) is 0 Å². The molecule has 8 heavy (non-hydrogen) atoms. The molecule has 0 saturated heterocycles. The quantitative estimate of drug-likeness (QED) is 0.323. The molecule has 8 heteroatoms. The SMILES string of the molecule is O.O.O.O.O.O.[Ca+2].[Cl-]. The van der Waals surface area contributed by atoms with Crippen LogP contribution < -0.4 is 12.4 Å². The van der Waals surface area contributed by atoms with E-state index in [9.17, 15) is 0 Å². The van der Waals surface area contributed by atoms with Crippen molar-refractivity contribution in [1.82, 2.24) is 0 Å². The van der Waals surface area contributed by atoms with E-state index in [-0.39, 0.29) is 83.0 Å². The van der Waals surface area contributed by atoms with Crippen LogP contribution in [0.2, 0.25) is 0 Å². The van der Waals surface area contributed by atoms with Gasteiger partial charge in [0.25, 0.3) is 0 Å². The zero-order valence-corrected chi connectivity index (χ0v) is 7.05. The van der Waals surface area contributed by atoms with Gasteiger partial charge in [0.15, 0.2) is 0 Å². The standard InChI is InChI=1S/Ca.ClH.6H2O/h;1H;6*1H2/q+2;;;;;;;/p-1. The second kappa shape index (κ2) is 259. The average molecular weight is 184 g/mol. The van der Waals surface area contributed by atoms with Gasteiger partial charge in [0, 0.05) is 0 Å². The van der Waals surface area contributed by atoms with E-state index in [1.165, 1.54) is 0 Å². The minimum atomic E-state index is 0. The summed E-state index contributed by atoms with van der Waals surface area (Å²) in [7, 11) is 0. The second-order valence-electron chi connectivity index (χ2n) is 0. The summed E-state index contributed by atoms with van der Waals surface area (Å²) in [5, 5.41) is 0. The Morgan fingerprint density at radius 2 is 0.375 bits per heavy atom. The smallest absolute Gasteiger partial charge is 1.00 e. The number of halogens is 1. The summed E-state index contributed by atoms with van der Waals surface area (Å²) in [6, 6.07) is 0. The third-order valence-electron chi connectivity index (χ3n) is 0. The fraction of sp³-hybridized carbons (Fsp3) is 0. The van der Waals surface area contributed by atoms with E-state index >= 15 is 0 Å². The molecule has 0 aliphatic rings. The first kappa shape index (κ1) is 375. The van der Waals surface area contributed by atoms with E-state index in [4.69, 9.17) is 0 Å². The molecule has 0 fully saturated rings. The number of hydrogen-bond donors (Lipinski definition) is 0. The fourth-order valence-electron chi connectivity index (χ4n) is 0. The van der Waals surface area contributed by atoms with Crippen LogP contribution in [0.4, 0.5) is 0 Å². The molecule has 6 nitrogen and oxygen atoms in total. The van der Waals surface area contributed by atoms with Crippen LogP contribution in [0.5, 0.6) is 0 Å². The van der Waals surface area contributed by atoms with Gasteiger partial charge >= 0.3 is 37.7 Å². The maximum absolute atomic E-state index is 0. The zero-order valence-electron chi connectivity index (χ0n) is 4.09. The van der Waals surface area contributed by atoms with Crippen LogP contribution >= 0.6 is 0 Å². The van der Waals surface area contributed by atoms with Crippen LogP contribution in [0.15, 0.2) is 0 Å². The predicted octanol–water partition coefficient (Wildman–Crippen LogP) is -8.32. The molecule has 0 aromatic heterocycles. The van der Waals surface area contributed by atoms with Crippen molar-refractivity contribution in [3.05, 3.63) is 0 Å². The molecule has 0 heterocycles. The molecule has 12 N–H and O–H groups in total. The summed E-state index contributed by atoms with van der Waals surface area (Å²) in [6.07, 6.45) is 0. The van der Waals surface area contributed by atoms with E-state index in [0.29, 0.717) is 0 Å². The van der Waals surface area contributed by atoms with Crippen LogP contribution in [-0.2, 0) is 0 Å². The summed E-state index contributed by atoms with van der Waals surface area (Å²) in [4.78, 5) is 0. The van der Waals surface area contributed by atoms with Gasteiger partial charge in [-0.05, 0) is 0 Å². The van der Waals surface area contributed by atoms with Crippen LogP contribution in [0.1, 0.15) is 0 Å². The average Bonchev–Trinajstić information content (AvgIpc) is 0. The molecule has 0 unspecified atom stereocenters. The maximum atomic E-state index is 0. The molecule has 56 valence electrons. The molecule has 0 radical (unpaired) electrons. The molecule has 0 aliphatic carbocycles. The van der Waals surface area contributed by atoms with Crippen molar-refractivity contribution in [1.29, 1.82) is 0 Å². The van der Waals surface area contributed by atoms with Gasteiger partial charge < -0.3 is 45.3 Å². The van der Waals surface area contributed by atoms with E-state index in [1.54, 1.807) is 0 Å². The molecule has 0 amide bonds. The van der Waals surface area contributed by atoms with Gasteiger partial charge in [-0.1, -0.05) is 0 Å². The van der Waals surface area contributed by atoms with E-state index in [1.807, 2.05) is 0 Å². The Labute approximate surface area is 82.5 Å². The molecule has 0 saturated carbocycles. The van der Waals surface area contributed by atoms with E-state index < -0.39 is 0 Å². The third-order valence-corrected chi connectivity index (χ3v) is 0. The van der Waals surface area contributed by atoms with Crippen molar-refractivity contribution >= 4 is 37.7 Å². The van der Waals surface area contributed by atoms with Crippen molar-refractivity contribution in [3.63, 3.8) is 0 Å². The monoisotopic (exact) mass is 183 g/mol. The number of rotatable bonds is 0. The van der Waals surface area contributed by atoms with Crippen LogP contribution in [0.25, 0.3) is 0 Å². The Bertz CT molecular complexity index is 8.49. The molecule has 0 bridgehead atoms. The Morgan fingerprint density at radius 1 is 0.375 bits per heavy atom. The third kappa shape index (κ3) is 170. The zero-order chi connectivity index (χ0) is 0. The molecule has 0 aromatic carbocycles. The fourth-order valence-corrected chi connectivity index (χ4v) is 0. The van der Waals surface area contributed by atoms with Crippen molar-refractivity contribution in [2.45, 2.75) is 0 Å². The second-order valence-corrected chi connectivity index (χ2v) is 0. The molecule has 0 rings (SSSR count). The Kier molecular flexibility index (Phi) is 12100. The minimum absolute atomic E-state index is 0. The van der Waals surface area contributed by atoms with Crippen molar-refractivity contribution in [2.24, 2.45) is 0 Å². The minimum Gasteiger partial charge on any atom is -1.00 e. The Hall–Kier alpha value is 1.31. The van der Waals surface area contributed by atoms with Crippen molar-refractivity contribution in [2.75, 3.05) is 0 Å². The molecule has 0 spiro atoms. The van der Waals surface area contributed by atoms with Gasteiger partial charge in [0.05, 0.1) is 0 Å². The molecule has 0 aliphatic heterocycles. The van der Waals surface area contributed by atoms with Gasteiger partial charge in [0.2, 0.25) is 0 Å². The van der Waals surface area contributed by atoms with Crippen LogP contribution in [0.3, 0.4) is 0 Å².